The second-order valence-corrected chi connectivity index (χ2v) is 5.28. The Morgan fingerprint density at radius 3 is 3.14 bits per heavy atom. The van der Waals surface area contributed by atoms with Crippen LogP contribution in [-0.4, -0.2) is 32.3 Å². The van der Waals surface area contributed by atoms with E-state index in [2.05, 4.69) is 24.1 Å². The Balaban J connectivity index is 1.85. The Bertz CT molecular complexity index is 528. The quantitative estimate of drug-likeness (QED) is 0.597. The van der Waals surface area contributed by atoms with E-state index in [4.69, 9.17) is 9.47 Å². The molecule has 1 aliphatic heterocycles. The molecule has 0 radical (unpaired) electrons. The van der Waals surface area contributed by atoms with Gasteiger partial charge in [-0.25, -0.2) is 0 Å². The summed E-state index contributed by atoms with van der Waals surface area (Å²) in [5.74, 6) is 0.601. The van der Waals surface area contributed by atoms with E-state index in [0.717, 1.165) is 29.1 Å². The second-order valence-electron chi connectivity index (χ2n) is 5.28. The first-order chi connectivity index (χ1) is 10.1. The lowest BCUT2D eigenvalue weighted by atomic mass is 10.1. The number of carbonyl (C=O) groups excluding carboxylic acids is 1. The maximum absolute atomic E-state index is 11.3. The number of fused-ring (bicyclic) bond motifs is 1. The second kappa shape index (κ2) is 7.24. The fraction of sp³-hybridized carbons (Fsp3) is 0.438. The number of hydrogen-bond acceptors (Lipinski definition) is 4. The van der Waals surface area contributed by atoms with Gasteiger partial charge in [0.1, 0.15) is 5.75 Å². The van der Waals surface area contributed by atoms with Gasteiger partial charge in [0.15, 0.2) is 6.61 Å². The molecule has 1 aliphatic rings. The predicted molar refractivity (Wildman–Crippen MR) is 82.6 cm³/mol. The number of hydrogen-bond donors (Lipinski definition) is 2. The first kappa shape index (κ1) is 15.5. The molecule has 0 bridgehead atoms. The van der Waals surface area contributed by atoms with Crippen molar-refractivity contribution in [1.82, 2.24) is 5.32 Å². The normalized spacial score (nSPS) is 14.9. The molecule has 0 saturated carbocycles. The van der Waals surface area contributed by atoms with Crippen molar-refractivity contribution >= 4 is 11.6 Å². The Morgan fingerprint density at radius 1 is 1.57 bits per heavy atom. The molecule has 0 saturated heterocycles. The summed E-state index contributed by atoms with van der Waals surface area (Å²) in [7, 11) is 0. The summed E-state index contributed by atoms with van der Waals surface area (Å²) in [4.78, 5) is 11.3. The van der Waals surface area contributed by atoms with E-state index in [1.54, 1.807) is 0 Å². The summed E-state index contributed by atoms with van der Waals surface area (Å²) >= 11 is 0. The molecule has 0 fully saturated rings. The van der Waals surface area contributed by atoms with E-state index in [1.165, 1.54) is 0 Å². The molecule has 0 aromatic heterocycles. The summed E-state index contributed by atoms with van der Waals surface area (Å²) in [6.45, 7) is 9.89. The van der Waals surface area contributed by atoms with Gasteiger partial charge in [-0.15, -0.1) is 0 Å². The zero-order valence-corrected chi connectivity index (χ0v) is 12.6. The molecule has 1 aromatic carbocycles. The molecule has 2 rings (SSSR count). The van der Waals surface area contributed by atoms with Crippen molar-refractivity contribution < 1.29 is 14.3 Å². The largest absolute Gasteiger partial charge is 0.482 e. The zero-order valence-electron chi connectivity index (χ0n) is 12.6. The average Bonchev–Trinajstić information content (AvgIpc) is 2.45. The van der Waals surface area contributed by atoms with Gasteiger partial charge >= 0.3 is 0 Å². The van der Waals surface area contributed by atoms with Crippen LogP contribution in [0.2, 0.25) is 0 Å². The van der Waals surface area contributed by atoms with Gasteiger partial charge in [-0.05, 0) is 31.5 Å². The lowest BCUT2D eigenvalue weighted by Crippen LogP contribution is -2.26. The predicted octanol–water partition coefficient (Wildman–Crippen LogP) is 2.26. The van der Waals surface area contributed by atoms with E-state index in [9.17, 15) is 4.79 Å². The summed E-state index contributed by atoms with van der Waals surface area (Å²) in [6, 6.07) is 6.00. The SMILES string of the molecule is C=C(C)COCCNC(C)c1ccc2c(c1)NC(=O)CO2. The van der Waals surface area contributed by atoms with Crippen LogP contribution < -0.4 is 15.4 Å². The first-order valence-electron chi connectivity index (χ1n) is 7.08. The fourth-order valence-electron chi connectivity index (χ4n) is 2.08. The number of amides is 1. The molecular formula is C16H22N2O3. The van der Waals surface area contributed by atoms with Crippen LogP contribution in [0, 0.1) is 0 Å². The van der Waals surface area contributed by atoms with Crippen molar-refractivity contribution in [2.24, 2.45) is 0 Å². The molecule has 1 heterocycles. The highest BCUT2D eigenvalue weighted by Gasteiger charge is 2.17. The van der Waals surface area contributed by atoms with Gasteiger partial charge in [0.25, 0.3) is 5.91 Å². The van der Waals surface area contributed by atoms with Gasteiger partial charge in [0.05, 0.1) is 18.9 Å². The van der Waals surface area contributed by atoms with E-state index < -0.39 is 0 Å². The molecule has 1 aromatic rings. The Labute approximate surface area is 125 Å². The summed E-state index contributed by atoms with van der Waals surface area (Å²) < 4.78 is 10.8. The van der Waals surface area contributed by atoms with Crippen LogP contribution in [0.25, 0.3) is 0 Å². The van der Waals surface area contributed by atoms with Crippen molar-refractivity contribution in [2.75, 3.05) is 31.7 Å². The van der Waals surface area contributed by atoms with Crippen LogP contribution >= 0.6 is 0 Å². The monoisotopic (exact) mass is 290 g/mol. The fourth-order valence-corrected chi connectivity index (χ4v) is 2.08. The van der Waals surface area contributed by atoms with E-state index in [0.29, 0.717) is 13.2 Å². The number of anilines is 1. The third-order valence-electron chi connectivity index (χ3n) is 3.18. The Morgan fingerprint density at radius 2 is 2.38 bits per heavy atom. The minimum absolute atomic E-state index is 0.0835. The van der Waals surface area contributed by atoms with E-state index >= 15 is 0 Å². The lowest BCUT2D eigenvalue weighted by molar-refractivity contribution is -0.118. The zero-order chi connectivity index (χ0) is 15.2. The lowest BCUT2D eigenvalue weighted by Gasteiger charge is -2.21. The van der Waals surface area contributed by atoms with Crippen molar-refractivity contribution in [3.05, 3.63) is 35.9 Å². The van der Waals surface area contributed by atoms with Crippen molar-refractivity contribution in [3.63, 3.8) is 0 Å². The average molecular weight is 290 g/mol. The van der Waals surface area contributed by atoms with Gasteiger partial charge in [-0.3, -0.25) is 4.79 Å². The molecule has 1 unspecified atom stereocenters. The molecule has 2 N–H and O–H groups in total. The van der Waals surface area contributed by atoms with Crippen LogP contribution in [0.4, 0.5) is 5.69 Å². The number of ether oxygens (including phenoxy) is 2. The number of carbonyl (C=O) groups is 1. The van der Waals surface area contributed by atoms with Gasteiger partial charge < -0.3 is 20.1 Å². The van der Waals surface area contributed by atoms with Crippen LogP contribution in [0.3, 0.4) is 0 Å². The molecule has 0 spiro atoms. The van der Waals surface area contributed by atoms with Crippen molar-refractivity contribution in [3.8, 4) is 5.75 Å². The highest BCUT2D eigenvalue weighted by Crippen LogP contribution is 2.30. The van der Waals surface area contributed by atoms with Crippen molar-refractivity contribution in [2.45, 2.75) is 19.9 Å². The molecule has 21 heavy (non-hydrogen) atoms. The smallest absolute Gasteiger partial charge is 0.262 e. The van der Waals surface area contributed by atoms with Gasteiger partial charge in [0.2, 0.25) is 0 Å². The van der Waals surface area contributed by atoms with Gasteiger partial charge in [-0.2, -0.15) is 0 Å². The Kier molecular flexibility index (Phi) is 5.36. The molecular weight excluding hydrogens is 268 g/mol. The molecule has 1 amide bonds. The summed E-state index contributed by atoms with van der Waals surface area (Å²) in [5, 5.41) is 6.20. The molecule has 5 heteroatoms. The first-order valence-corrected chi connectivity index (χ1v) is 7.08. The number of benzene rings is 1. The van der Waals surface area contributed by atoms with Crippen LogP contribution in [0.1, 0.15) is 25.5 Å². The third kappa shape index (κ3) is 4.58. The highest BCUT2D eigenvalue weighted by atomic mass is 16.5. The summed E-state index contributed by atoms with van der Waals surface area (Å²) in [5.41, 5.74) is 2.85. The maximum Gasteiger partial charge on any atom is 0.262 e. The number of nitrogens with one attached hydrogen (secondary N) is 2. The molecule has 114 valence electrons. The molecule has 5 nitrogen and oxygen atoms in total. The van der Waals surface area contributed by atoms with Crippen LogP contribution in [0.5, 0.6) is 5.75 Å². The maximum atomic E-state index is 11.3. The molecule has 0 aliphatic carbocycles. The van der Waals surface area contributed by atoms with E-state index in [-0.39, 0.29) is 18.6 Å². The topological polar surface area (TPSA) is 59.6 Å². The van der Waals surface area contributed by atoms with E-state index in [1.807, 2.05) is 25.1 Å². The minimum Gasteiger partial charge on any atom is -0.482 e. The standard InChI is InChI=1S/C16H22N2O3/c1-11(2)9-20-7-6-17-12(3)13-4-5-15-14(8-13)18-16(19)10-21-15/h4-5,8,12,17H,1,6-7,9-10H2,2-3H3,(H,18,19). The van der Waals surface area contributed by atoms with Crippen LogP contribution in [-0.2, 0) is 9.53 Å². The van der Waals surface area contributed by atoms with Gasteiger partial charge in [0, 0.05) is 12.6 Å². The Hall–Kier alpha value is -1.85. The highest BCUT2D eigenvalue weighted by molar-refractivity contribution is 5.95. The van der Waals surface area contributed by atoms with Gasteiger partial charge in [-0.1, -0.05) is 18.2 Å². The third-order valence-corrected chi connectivity index (χ3v) is 3.18. The van der Waals surface area contributed by atoms with Crippen molar-refractivity contribution in [1.29, 1.82) is 0 Å². The summed E-state index contributed by atoms with van der Waals surface area (Å²) in [6.07, 6.45) is 0. The number of rotatable bonds is 7. The minimum atomic E-state index is -0.117. The van der Waals surface area contributed by atoms with Crippen LogP contribution in [0.15, 0.2) is 30.4 Å². The molecule has 1 atom stereocenters.